The molecule has 0 atom stereocenters. The molecule has 0 aromatic heterocycles. The molecule has 0 amide bonds. The van der Waals surface area contributed by atoms with E-state index in [0.717, 1.165) is 34.1 Å². The lowest BCUT2D eigenvalue weighted by molar-refractivity contribution is 0.231. The minimum Gasteiger partial charge on any atom is -0.490 e. The molecule has 0 N–H and O–H groups in total. The van der Waals surface area contributed by atoms with E-state index in [-0.39, 0.29) is 24.4 Å². The Morgan fingerprint density at radius 1 is 0.447 bits per heavy atom. The lowest BCUT2D eigenvalue weighted by Gasteiger charge is -2.41. The number of hydrogen-bond acceptors (Lipinski definition) is 4. The highest BCUT2D eigenvalue weighted by Crippen LogP contribution is 2.59. The number of ether oxygens (including phenoxy) is 4. The molecule has 0 spiro atoms. The molecule has 0 heterocycles. The Kier molecular flexibility index (Phi) is 12.6. The summed E-state index contributed by atoms with van der Waals surface area (Å²) in [6, 6.07) is 19.6. The largest absolute Gasteiger partial charge is 0.490 e. The Hall–Kier alpha value is -2.71. The third kappa shape index (κ3) is 8.86. The van der Waals surface area contributed by atoms with Gasteiger partial charge in [0.1, 0.15) is 23.0 Å². The molecule has 0 bridgehead atoms. The molecular formula is C42H59O4P. The molecule has 0 aliphatic heterocycles. The van der Waals surface area contributed by atoms with Crippen LogP contribution in [-0.4, -0.2) is 35.7 Å². The fraction of sp³-hybridized carbons (Fsp3) is 0.571. The van der Waals surface area contributed by atoms with Crippen molar-refractivity contribution in [1.82, 2.24) is 0 Å². The van der Waals surface area contributed by atoms with Crippen molar-refractivity contribution >= 4 is 13.2 Å². The van der Waals surface area contributed by atoms with Crippen LogP contribution in [0.1, 0.15) is 120 Å². The van der Waals surface area contributed by atoms with E-state index in [4.69, 9.17) is 18.9 Å². The first-order valence-electron chi connectivity index (χ1n) is 18.5. The number of rotatable bonds is 13. The Labute approximate surface area is 286 Å². The average Bonchev–Trinajstić information content (AvgIpc) is 3.02. The summed E-state index contributed by atoms with van der Waals surface area (Å²) in [5.41, 5.74) is 6.07. The maximum absolute atomic E-state index is 6.62. The predicted molar refractivity (Wildman–Crippen MR) is 201 cm³/mol. The SMILES string of the molecule is CC(C)Oc1cccc(OC(C)C)c1-c1cccc(-c2c(OC(C)C)cccc2OC(C)C)c1P(C1CCCCC1)C1CCCCC1. The van der Waals surface area contributed by atoms with Crippen LogP contribution in [0.25, 0.3) is 22.3 Å². The van der Waals surface area contributed by atoms with Gasteiger partial charge in [0.2, 0.25) is 0 Å². The molecule has 2 saturated carbocycles. The van der Waals surface area contributed by atoms with Crippen molar-refractivity contribution in [2.24, 2.45) is 0 Å². The van der Waals surface area contributed by atoms with Crippen molar-refractivity contribution < 1.29 is 18.9 Å². The molecule has 0 saturated heterocycles. The van der Waals surface area contributed by atoms with E-state index in [0.29, 0.717) is 11.3 Å². The van der Waals surface area contributed by atoms with Gasteiger partial charge in [-0.3, -0.25) is 0 Å². The Morgan fingerprint density at radius 3 is 1.04 bits per heavy atom. The Bertz CT molecular complexity index is 1270. The molecule has 4 nitrogen and oxygen atoms in total. The summed E-state index contributed by atoms with van der Waals surface area (Å²) in [7, 11) is -0.534. The maximum Gasteiger partial charge on any atom is 0.131 e. The normalized spacial score (nSPS) is 16.4. The van der Waals surface area contributed by atoms with Gasteiger partial charge < -0.3 is 18.9 Å². The van der Waals surface area contributed by atoms with E-state index in [2.05, 4.69) is 110 Å². The predicted octanol–water partition coefficient (Wildman–Crippen LogP) is 11.9. The van der Waals surface area contributed by atoms with E-state index >= 15 is 0 Å². The van der Waals surface area contributed by atoms with Gasteiger partial charge >= 0.3 is 0 Å². The molecule has 2 aliphatic carbocycles. The van der Waals surface area contributed by atoms with Gasteiger partial charge in [-0.05, 0) is 133 Å². The third-order valence-corrected chi connectivity index (χ3v) is 12.8. The first-order valence-corrected chi connectivity index (χ1v) is 20.0. The van der Waals surface area contributed by atoms with Gasteiger partial charge in [0.05, 0.1) is 35.5 Å². The highest BCUT2D eigenvalue weighted by Gasteiger charge is 2.37. The first kappa shape index (κ1) is 35.6. The second-order valence-electron chi connectivity index (χ2n) is 14.6. The Morgan fingerprint density at radius 2 is 0.745 bits per heavy atom. The van der Waals surface area contributed by atoms with Crippen molar-refractivity contribution in [2.75, 3.05) is 0 Å². The van der Waals surface area contributed by atoms with Crippen LogP contribution in [0.15, 0.2) is 54.6 Å². The average molecular weight is 659 g/mol. The van der Waals surface area contributed by atoms with Crippen LogP contribution in [0.4, 0.5) is 0 Å². The minimum absolute atomic E-state index is 0.0408. The zero-order chi connectivity index (χ0) is 33.5. The highest BCUT2D eigenvalue weighted by atomic mass is 31.1. The molecule has 3 aromatic rings. The fourth-order valence-electron chi connectivity index (χ4n) is 7.57. The molecule has 3 aromatic carbocycles. The molecule has 0 unspecified atom stereocenters. The molecule has 256 valence electrons. The van der Waals surface area contributed by atoms with Crippen molar-refractivity contribution in [3.05, 3.63) is 54.6 Å². The van der Waals surface area contributed by atoms with Crippen molar-refractivity contribution in [1.29, 1.82) is 0 Å². The van der Waals surface area contributed by atoms with Crippen LogP contribution in [-0.2, 0) is 0 Å². The van der Waals surface area contributed by atoms with Gasteiger partial charge in [-0.2, -0.15) is 0 Å². The molecular weight excluding hydrogens is 599 g/mol. The van der Waals surface area contributed by atoms with Crippen LogP contribution in [0.5, 0.6) is 23.0 Å². The van der Waals surface area contributed by atoms with Crippen LogP contribution >= 0.6 is 7.92 Å². The monoisotopic (exact) mass is 658 g/mol. The summed E-state index contributed by atoms with van der Waals surface area (Å²) in [5, 5.41) is 1.49. The lowest BCUT2D eigenvalue weighted by Crippen LogP contribution is -2.28. The molecule has 2 fully saturated rings. The second-order valence-corrected chi connectivity index (χ2v) is 17.3. The summed E-state index contributed by atoms with van der Waals surface area (Å²) in [4.78, 5) is 0. The summed E-state index contributed by atoms with van der Waals surface area (Å²) in [6.07, 6.45) is 13.5. The summed E-state index contributed by atoms with van der Waals surface area (Å²) < 4.78 is 26.5. The van der Waals surface area contributed by atoms with Gasteiger partial charge in [-0.1, -0.05) is 76.8 Å². The zero-order valence-electron chi connectivity index (χ0n) is 30.3. The van der Waals surface area contributed by atoms with Crippen LogP contribution in [0.3, 0.4) is 0 Å². The molecule has 5 heteroatoms. The third-order valence-electron chi connectivity index (χ3n) is 9.20. The van der Waals surface area contributed by atoms with Gasteiger partial charge in [0.15, 0.2) is 0 Å². The van der Waals surface area contributed by atoms with Crippen LogP contribution < -0.4 is 24.3 Å². The van der Waals surface area contributed by atoms with Crippen LogP contribution in [0, 0.1) is 0 Å². The van der Waals surface area contributed by atoms with E-state index in [1.54, 1.807) is 0 Å². The Balaban J connectivity index is 1.89. The summed E-state index contributed by atoms with van der Waals surface area (Å²) in [5.74, 6) is 3.57. The molecule has 0 radical (unpaired) electrons. The van der Waals surface area contributed by atoms with Gasteiger partial charge in [-0.15, -0.1) is 0 Å². The number of hydrogen-bond donors (Lipinski definition) is 0. The molecule has 5 rings (SSSR count). The fourth-order valence-corrected chi connectivity index (χ4v) is 11.7. The maximum atomic E-state index is 6.62. The standard InChI is InChI=1S/C42H59O4P/c1-28(2)43-36-24-16-25-37(44-29(3)4)40(36)34-22-15-23-35(41-38(45-30(5)6)26-17-27-39(41)46-31(7)8)42(34)47(32-18-11-9-12-19-32)33-20-13-10-14-21-33/h15-17,22-33H,9-14,18-21H2,1-8H3. The smallest absolute Gasteiger partial charge is 0.131 e. The first-order chi connectivity index (χ1) is 22.6. The van der Waals surface area contributed by atoms with E-state index in [1.807, 2.05) is 0 Å². The van der Waals surface area contributed by atoms with Crippen LogP contribution in [0.2, 0.25) is 0 Å². The zero-order valence-corrected chi connectivity index (χ0v) is 31.2. The summed E-state index contributed by atoms with van der Waals surface area (Å²) >= 11 is 0. The molecule has 2 aliphatic rings. The quantitative estimate of drug-likeness (QED) is 0.171. The van der Waals surface area contributed by atoms with E-state index in [1.165, 1.54) is 80.6 Å². The van der Waals surface area contributed by atoms with Crippen molar-refractivity contribution in [3.63, 3.8) is 0 Å². The van der Waals surface area contributed by atoms with E-state index in [9.17, 15) is 0 Å². The van der Waals surface area contributed by atoms with Crippen molar-refractivity contribution in [3.8, 4) is 45.3 Å². The summed E-state index contributed by atoms with van der Waals surface area (Å²) in [6.45, 7) is 16.9. The number of benzene rings is 3. The minimum atomic E-state index is -0.534. The van der Waals surface area contributed by atoms with Gasteiger partial charge in [-0.25, -0.2) is 0 Å². The molecule has 47 heavy (non-hydrogen) atoms. The highest BCUT2D eigenvalue weighted by molar-refractivity contribution is 7.67. The van der Waals surface area contributed by atoms with Gasteiger partial charge in [0, 0.05) is 0 Å². The second kappa shape index (κ2) is 16.6. The lowest BCUT2D eigenvalue weighted by atomic mass is 9.96. The van der Waals surface area contributed by atoms with Crippen molar-refractivity contribution in [2.45, 2.75) is 155 Å². The van der Waals surface area contributed by atoms with Gasteiger partial charge in [0.25, 0.3) is 0 Å². The van der Waals surface area contributed by atoms with E-state index < -0.39 is 7.92 Å². The topological polar surface area (TPSA) is 36.9 Å².